The average Bonchev–Trinajstić information content (AvgIpc) is 0.722. The summed E-state index contributed by atoms with van der Waals surface area (Å²) in [7, 11) is -5.17. The van der Waals surface area contributed by atoms with Crippen LogP contribution in [0.25, 0.3) is 0 Å². The number of hydrogen-bond donors (Lipinski definition) is 0. The summed E-state index contributed by atoms with van der Waals surface area (Å²) in [5, 5.41) is 0. The second-order valence-corrected chi connectivity index (χ2v) is 1.22. The Hall–Kier alpha value is 2.94. The van der Waals surface area contributed by atoms with Gasteiger partial charge in [0, 0.05) is 10.4 Å². The third-order valence-electron chi connectivity index (χ3n) is 0. The summed E-state index contributed by atoms with van der Waals surface area (Å²) < 4.78 is 34.1. The van der Waals surface area contributed by atoms with Gasteiger partial charge in [-0.15, -0.1) is 0 Å². The summed E-state index contributed by atoms with van der Waals surface area (Å²) in [5.41, 5.74) is 0. The molecule has 12 heteroatoms. The molecule has 0 radical (unpaired) electrons. The van der Waals surface area contributed by atoms with Crippen LogP contribution in [0.3, 0.4) is 0 Å². The van der Waals surface area contributed by atoms with Gasteiger partial charge < -0.3 is 36.5 Å². The van der Waals surface area contributed by atoms with E-state index in [1.807, 2.05) is 0 Å². The van der Waals surface area contributed by atoms with Gasteiger partial charge in [0.1, 0.15) is 0 Å². The molecule has 0 aromatic heterocycles. The maximum absolute atomic E-state index is 8.52. The molecule has 0 aliphatic heterocycles. The fraction of sp³-hybridized carbons (Fsp3) is 0. The molecule has 10 N–H and O–H groups in total. The average molecular weight is 264 g/mol. The third-order valence-corrected chi connectivity index (χ3v) is 0. The van der Waals surface area contributed by atoms with Crippen LogP contribution in [0.4, 0.5) is 0 Å². The maximum atomic E-state index is 8.52. The van der Waals surface area contributed by atoms with E-state index < -0.39 is 10.4 Å². The zero-order chi connectivity index (χ0) is 4.50. The first-order chi connectivity index (χ1) is 2.00. The van der Waals surface area contributed by atoms with Gasteiger partial charge in [0.25, 0.3) is 0 Å². The summed E-state index contributed by atoms with van der Waals surface area (Å²) in [5.74, 6) is 0. The number of hydrogen-bond acceptors (Lipinski definition) is 4. The van der Waals surface area contributed by atoms with Crippen molar-refractivity contribution in [3.8, 4) is 0 Å². The normalized spacial score (nSPS) is 4.83. The van der Waals surface area contributed by atoms with Crippen molar-refractivity contribution in [3.05, 3.63) is 0 Å². The van der Waals surface area contributed by atoms with Gasteiger partial charge in [0.15, 0.2) is 0 Å². The Morgan fingerprint density at radius 2 is 0.667 bits per heavy atom. The van der Waals surface area contributed by atoms with Gasteiger partial charge in [0.05, 0.1) is 0 Å². The standard InChI is InChI=1S/2K.H2O4S.5H2O/c;;1-5(2,3)4;;;;;/h;;(H2,1,2,3,4);5*1H2/q2*+1;;;;;;/p-2. The summed E-state index contributed by atoms with van der Waals surface area (Å²) >= 11 is 0. The summed E-state index contributed by atoms with van der Waals surface area (Å²) in [6, 6.07) is 0. The molecule has 0 rings (SSSR count). The van der Waals surface area contributed by atoms with Crippen molar-refractivity contribution in [3.63, 3.8) is 0 Å². The van der Waals surface area contributed by atoms with Crippen molar-refractivity contribution < 1.29 is 148 Å². The molecule has 0 atom stereocenters. The van der Waals surface area contributed by atoms with Crippen LogP contribution in [0.5, 0.6) is 0 Å². The smallest absolute Gasteiger partial charge is 0.759 e. The van der Waals surface area contributed by atoms with Gasteiger partial charge in [0.2, 0.25) is 0 Å². The predicted molar refractivity (Wildman–Crippen MR) is 28.5 cm³/mol. The van der Waals surface area contributed by atoms with Crippen molar-refractivity contribution in [2.75, 3.05) is 0 Å². The molecule has 0 saturated carbocycles. The quantitative estimate of drug-likeness (QED) is 0.235. The van der Waals surface area contributed by atoms with E-state index in [-0.39, 0.29) is 130 Å². The summed E-state index contributed by atoms with van der Waals surface area (Å²) in [6.07, 6.45) is 0. The van der Waals surface area contributed by atoms with Gasteiger partial charge >= 0.3 is 103 Å². The van der Waals surface area contributed by atoms with Crippen LogP contribution in [0.15, 0.2) is 0 Å². The van der Waals surface area contributed by atoms with E-state index in [4.69, 9.17) is 17.5 Å². The second kappa shape index (κ2) is 29.2. The van der Waals surface area contributed by atoms with Crippen molar-refractivity contribution in [1.29, 1.82) is 0 Å². The van der Waals surface area contributed by atoms with Crippen LogP contribution in [-0.2, 0) is 10.4 Å². The first-order valence-electron chi connectivity index (χ1n) is 0.667. The van der Waals surface area contributed by atoms with E-state index >= 15 is 0 Å². The molecule has 0 amide bonds. The topological polar surface area (TPSA) is 238 Å². The molecule has 0 aliphatic rings. The molecule has 9 nitrogen and oxygen atoms in total. The van der Waals surface area contributed by atoms with Crippen LogP contribution in [0.2, 0.25) is 0 Å². The van der Waals surface area contributed by atoms with Crippen molar-refractivity contribution in [1.82, 2.24) is 0 Å². The first kappa shape index (κ1) is 60.3. The second-order valence-electron chi connectivity index (χ2n) is 0.408. The Kier molecular flexibility index (Phi) is 147. The van der Waals surface area contributed by atoms with Crippen LogP contribution < -0.4 is 103 Å². The summed E-state index contributed by atoms with van der Waals surface area (Å²) in [4.78, 5) is 0. The van der Waals surface area contributed by atoms with E-state index in [9.17, 15) is 0 Å². The van der Waals surface area contributed by atoms with Crippen molar-refractivity contribution in [2.45, 2.75) is 0 Å². The third kappa shape index (κ3) is 213. The molecule has 12 heavy (non-hydrogen) atoms. The van der Waals surface area contributed by atoms with E-state index in [0.717, 1.165) is 0 Å². The fourth-order valence-corrected chi connectivity index (χ4v) is 0. The zero-order valence-corrected chi connectivity index (χ0v) is 13.6. The van der Waals surface area contributed by atoms with Gasteiger partial charge in [-0.2, -0.15) is 0 Å². The van der Waals surface area contributed by atoms with Crippen LogP contribution in [-0.4, -0.2) is 44.9 Å². The van der Waals surface area contributed by atoms with Crippen molar-refractivity contribution in [2.24, 2.45) is 0 Å². The molecule has 0 saturated heterocycles. The largest absolute Gasteiger partial charge is 1.00 e. The van der Waals surface area contributed by atoms with E-state index in [1.165, 1.54) is 0 Å². The molecular formula is H10K2O9S. The van der Waals surface area contributed by atoms with Gasteiger partial charge in [-0.1, -0.05) is 0 Å². The van der Waals surface area contributed by atoms with E-state index in [1.54, 1.807) is 0 Å². The minimum absolute atomic E-state index is 0. The summed E-state index contributed by atoms with van der Waals surface area (Å²) in [6.45, 7) is 0. The van der Waals surface area contributed by atoms with Crippen LogP contribution >= 0.6 is 0 Å². The Bertz CT molecular complexity index is 95.7. The van der Waals surface area contributed by atoms with Gasteiger partial charge in [-0.05, 0) is 0 Å². The minimum atomic E-state index is -5.17. The Morgan fingerprint density at radius 3 is 0.667 bits per heavy atom. The predicted octanol–water partition coefficient (Wildman–Crippen LogP) is -11.5. The molecular weight excluding hydrogens is 254 g/mol. The van der Waals surface area contributed by atoms with Crippen LogP contribution in [0, 0.1) is 0 Å². The molecule has 0 heterocycles. The maximum Gasteiger partial charge on any atom is 1.00 e. The fourth-order valence-electron chi connectivity index (χ4n) is 0. The van der Waals surface area contributed by atoms with E-state index in [2.05, 4.69) is 0 Å². The molecule has 0 fully saturated rings. The monoisotopic (exact) mass is 264 g/mol. The van der Waals surface area contributed by atoms with E-state index in [0.29, 0.717) is 0 Å². The van der Waals surface area contributed by atoms with Gasteiger partial charge in [-0.25, -0.2) is 0 Å². The van der Waals surface area contributed by atoms with Gasteiger partial charge in [-0.3, -0.25) is 8.42 Å². The van der Waals surface area contributed by atoms with Crippen LogP contribution in [0.1, 0.15) is 0 Å². The molecule has 0 unspecified atom stereocenters. The van der Waals surface area contributed by atoms with Crippen molar-refractivity contribution >= 4 is 10.4 Å². The minimum Gasteiger partial charge on any atom is -0.759 e. The molecule has 72 valence electrons. The molecule has 0 aliphatic carbocycles. The molecule has 0 aromatic carbocycles. The molecule has 0 bridgehead atoms. The SMILES string of the molecule is O.O.O.O.O.O=S(=O)([O-])[O-].[K+].[K+]. The molecule has 0 spiro atoms. The number of rotatable bonds is 0. The Morgan fingerprint density at radius 1 is 0.667 bits per heavy atom. The zero-order valence-electron chi connectivity index (χ0n) is 6.54. The Balaban J connectivity index is -0.00000000381. The molecule has 0 aromatic rings. The first-order valence-corrected chi connectivity index (χ1v) is 2.00. The Labute approximate surface area is 154 Å².